The van der Waals surface area contributed by atoms with Crippen molar-refractivity contribution in [2.24, 2.45) is 0 Å². The summed E-state index contributed by atoms with van der Waals surface area (Å²) >= 11 is 0. The number of rotatable bonds is 0. The molecule has 0 saturated carbocycles. The number of hydrogen-bond acceptors (Lipinski definition) is 8. The average Bonchev–Trinajstić information content (AvgIpc) is 1.12. The zero-order chi connectivity index (χ0) is 9.00. The molecule has 18 heteroatoms. The van der Waals surface area contributed by atoms with Crippen molar-refractivity contribution in [1.82, 2.24) is 0 Å². The van der Waals surface area contributed by atoms with E-state index in [1.165, 1.54) is 0 Å². The summed E-state index contributed by atoms with van der Waals surface area (Å²) in [5.41, 5.74) is 0. The van der Waals surface area contributed by atoms with Gasteiger partial charge in [0, 0.05) is 0 Å². The van der Waals surface area contributed by atoms with Crippen molar-refractivity contribution in [3.8, 4) is 0 Å². The first-order chi connectivity index (χ1) is 4.00. The molecule has 0 spiro atoms. The van der Waals surface area contributed by atoms with E-state index >= 15 is 0 Å². The van der Waals surface area contributed by atoms with Crippen LogP contribution >= 0.6 is 15.6 Å². The van der Waals surface area contributed by atoms with E-state index in [4.69, 9.17) is 38.5 Å². The third-order valence-electron chi connectivity index (χ3n) is 0. The third-order valence-corrected chi connectivity index (χ3v) is 0. The van der Waals surface area contributed by atoms with Crippen LogP contribution in [0.25, 0.3) is 0 Å². The van der Waals surface area contributed by atoms with E-state index in [0.717, 1.165) is 0 Å². The molecule has 0 aliphatic carbocycles. The SMILES string of the molecule is O.O.O.O.O.O=P([O-])([O-])[O-].O=P([O-])([O-])[O-].[Ca+2].[Ca+2].[Ca+2]. The van der Waals surface area contributed by atoms with Gasteiger partial charge in [0.1, 0.15) is 0 Å². The van der Waals surface area contributed by atoms with Gasteiger partial charge in [0.15, 0.2) is 0 Å². The van der Waals surface area contributed by atoms with Crippen molar-refractivity contribution in [3.63, 3.8) is 0 Å². The van der Waals surface area contributed by atoms with Gasteiger partial charge in [-0.15, -0.1) is 0 Å². The van der Waals surface area contributed by atoms with Crippen molar-refractivity contribution >= 4 is 129 Å². The Kier molecular flexibility index (Phi) is 123. The van der Waals surface area contributed by atoms with Gasteiger partial charge in [-0.2, -0.15) is 15.6 Å². The predicted molar refractivity (Wildman–Crippen MR) is 50.5 cm³/mol. The van der Waals surface area contributed by atoms with Crippen LogP contribution in [0, 0.1) is 0 Å². The van der Waals surface area contributed by atoms with Crippen molar-refractivity contribution < 1.29 is 65.9 Å². The minimum absolute atomic E-state index is 0. The van der Waals surface area contributed by atoms with Gasteiger partial charge in [0.2, 0.25) is 0 Å². The standard InChI is InChI=1S/3Ca.2H3O4P.5H2O/c;;;2*1-5(2,3)4;;;;;/h;;;2*(H3,1,2,3,4);5*1H2/q3*+2;;;;;;;/p-6. The maximum atomic E-state index is 8.55. The van der Waals surface area contributed by atoms with Gasteiger partial charge in [-0.3, -0.25) is 0 Å². The fourth-order valence-electron chi connectivity index (χ4n) is 0. The van der Waals surface area contributed by atoms with Gasteiger partial charge in [-0.05, 0) is 0 Å². The van der Waals surface area contributed by atoms with Crippen LogP contribution in [0.2, 0.25) is 0 Å². The van der Waals surface area contributed by atoms with Crippen LogP contribution in [0.1, 0.15) is 0 Å². The minimum atomic E-state index is -5.39. The van der Waals surface area contributed by atoms with Gasteiger partial charge in [0.25, 0.3) is 0 Å². The Morgan fingerprint density at radius 2 is 0.444 bits per heavy atom. The smallest absolute Gasteiger partial charge is 0.822 e. The summed E-state index contributed by atoms with van der Waals surface area (Å²) in [6.07, 6.45) is 0. The van der Waals surface area contributed by atoms with Crippen molar-refractivity contribution in [2.75, 3.05) is 0 Å². The molecule has 0 aliphatic rings. The summed E-state index contributed by atoms with van der Waals surface area (Å²) < 4.78 is 17.1. The fraction of sp³-hybridized carbons (Fsp3) is 0. The minimum Gasteiger partial charge on any atom is -0.822 e. The van der Waals surface area contributed by atoms with Crippen LogP contribution in [-0.4, -0.2) is 141 Å². The molecule has 0 fully saturated rings. The maximum absolute atomic E-state index is 8.55. The van der Waals surface area contributed by atoms with E-state index in [2.05, 4.69) is 0 Å². The van der Waals surface area contributed by atoms with Crippen molar-refractivity contribution in [2.45, 2.75) is 0 Å². The largest absolute Gasteiger partial charge is 2.00 e. The molecule has 0 heterocycles. The molecule has 0 aromatic heterocycles. The monoisotopic (exact) mass is 400 g/mol. The van der Waals surface area contributed by atoms with Crippen LogP contribution < -0.4 is 29.4 Å². The molecule has 0 amide bonds. The zero-order valence-corrected chi connectivity index (χ0v) is 17.2. The Hall–Kier alpha value is 3.80. The molecular formula is H10Ca3O13P2. The Morgan fingerprint density at radius 3 is 0.444 bits per heavy atom. The van der Waals surface area contributed by atoms with Gasteiger partial charge >= 0.3 is 113 Å². The summed E-state index contributed by atoms with van der Waals surface area (Å²) in [5.74, 6) is 0. The molecule has 0 bridgehead atoms. The van der Waals surface area contributed by atoms with E-state index < -0.39 is 15.6 Å². The summed E-state index contributed by atoms with van der Waals surface area (Å²) in [4.78, 5) is 51.3. The number of hydrogen-bond donors (Lipinski definition) is 0. The molecule has 0 aromatic carbocycles. The van der Waals surface area contributed by atoms with Gasteiger partial charge in [-0.1, -0.05) is 0 Å². The topological polar surface area (TPSA) is 330 Å². The van der Waals surface area contributed by atoms with Gasteiger partial charge in [-0.25, -0.2) is 0 Å². The molecular weight excluding hydrogens is 390 g/mol. The Bertz CT molecular complexity index is 133. The Labute approximate surface area is 191 Å². The van der Waals surface area contributed by atoms with Crippen LogP contribution in [-0.2, 0) is 9.13 Å². The van der Waals surface area contributed by atoms with Crippen LogP contribution in [0.3, 0.4) is 0 Å². The predicted octanol–water partition coefficient (Wildman–Crippen LogP) is -10.9. The van der Waals surface area contributed by atoms with Crippen molar-refractivity contribution in [3.05, 3.63) is 0 Å². The van der Waals surface area contributed by atoms with Crippen LogP contribution in [0.5, 0.6) is 0 Å². The molecule has 0 saturated heterocycles. The summed E-state index contributed by atoms with van der Waals surface area (Å²) in [6, 6.07) is 0. The quantitative estimate of drug-likeness (QED) is 0.276. The van der Waals surface area contributed by atoms with E-state index in [9.17, 15) is 0 Å². The first kappa shape index (κ1) is 67.7. The normalized spacial score (nSPS) is 6.56. The van der Waals surface area contributed by atoms with E-state index in [-0.39, 0.29) is 141 Å². The molecule has 18 heavy (non-hydrogen) atoms. The first-order valence-corrected chi connectivity index (χ1v) is 4.38. The maximum Gasteiger partial charge on any atom is 2.00 e. The average molecular weight is 400 g/mol. The fourth-order valence-corrected chi connectivity index (χ4v) is 0. The summed E-state index contributed by atoms with van der Waals surface area (Å²) in [5, 5.41) is 0. The molecule has 0 aromatic rings. The Morgan fingerprint density at radius 1 is 0.444 bits per heavy atom. The molecule has 104 valence electrons. The molecule has 0 rings (SSSR count). The van der Waals surface area contributed by atoms with E-state index in [1.807, 2.05) is 0 Å². The molecule has 0 atom stereocenters. The van der Waals surface area contributed by atoms with Crippen LogP contribution in [0.15, 0.2) is 0 Å². The Balaban J connectivity index is -0.00000000615. The third kappa shape index (κ3) is 485. The second kappa shape index (κ2) is 32.7. The van der Waals surface area contributed by atoms with E-state index in [0.29, 0.717) is 0 Å². The zero-order valence-electron chi connectivity index (χ0n) is 8.78. The molecule has 0 radical (unpaired) electrons. The van der Waals surface area contributed by atoms with E-state index in [1.54, 1.807) is 0 Å². The first-order valence-electron chi connectivity index (χ1n) is 1.46. The van der Waals surface area contributed by atoms with Gasteiger partial charge < -0.3 is 65.9 Å². The van der Waals surface area contributed by atoms with Crippen LogP contribution in [0.4, 0.5) is 0 Å². The van der Waals surface area contributed by atoms with Gasteiger partial charge in [0.05, 0.1) is 0 Å². The molecule has 13 nitrogen and oxygen atoms in total. The molecule has 10 N–H and O–H groups in total. The number of phosphoric acid groups is 2. The second-order valence-electron chi connectivity index (χ2n) is 0.894. The molecule has 0 aliphatic heterocycles. The van der Waals surface area contributed by atoms with Crippen molar-refractivity contribution in [1.29, 1.82) is 0 Å². The second-order valence-corrected chi connectivity index (χ2v) is 2.68. The summed E-state index contributed by atoms with van der Waals surface area (Å²) in [7, 11) is -10.8. The summed E-state index contributed by atoms with van der Waals surface area (Å²) in [6.45, 7) is 0. The molecule has 0 unspecified atom stereocenters.